The zero-order valence-corrected chi connectivity index (χ0v) is 8.69. The van der Waals surface area contributed by atoms with Gasteiger partial charge in [0.1, 0.15) is 0 Å². The number of rotatable bonds is 6. The van der Waals surface area contributed by atoms with Crippen LogP contribution < -0.4 is 5.11 Å². The molecule has 2 heteroatoms. The minimum absolute atomic E-state index is 0.806. The average Bonchev–Trinajstić information content (AvgIpc) is 2.24. The van der Waals surface area contributed by atoms with E-state index in [1.165, 1.54) is 5.56 Å². The third-order valence-corrected chi connectivity index (χ3v) is 2.18. The Morgan fingerprint density at radius 1 is 1.20 bits per heavy atom. The number of carboxylic acid groups (broad SMARTS) is 1. The van der Waals surface area contributed by atoms with Gasteiger partial charge in [-0.15, -0.1) is 0 Å². The van der Waals surface area contributed by atoms with Gasteiger partial charge >= 0.3 is 0 Å². The third kappa shape index (κ3) is 5.68. The Morgan fingerprint density at radius 3 is 2.60 bits per heavy atom. The predicted octanol–water partition coefficient (Wildman–Crippen LogP) is 1.71. The molecule has 0 radical (unpaired) electrons. The van der Waals surface area contributed by atoms with Gasteiger partial charge in [0.25, 0.3) is 0 Å². The van der Waals surface area contributed by atoms with E-state index in [1.807, 2.05) is 18.2 Å². The highest BCUT2D eigenvalue weighted by Crippen LogP contribution is 2.06. The number of hydrogen-bond donors (Lipinski definition) is 0. The second kappa shape index (κ2) is 6.82. The summed E-state index contributed by atoms with van der Waals surface area (Å²) in [5, 5.41) is 10.1. The van der Waals surface area contributed by atoms with Gasteiger partial charge in [-0.1, -0.05) is 36.4 Å². The van der Waals surface area contributed by atoms with Crippen LogP contribution in [0.4, 0.5) is 0 Å². The molecule has 0 aliphatic carbocycles. The first kappa shape index (κ1) is 11.5. The Morgan fingerprint density at radius 2 is 1.93 bits per heavy atom. The molecule has 0 aliphatic heterocycles. The molecule has 1 rings (SSSR count). The molecule has 0 N–H and O–H groups in total. The highest BCUT2D eigenvalue weighted by atomic mass is 16.4. The molecule has 0 unspecified atom stereocenters. The quantitative estimate of drug-likeness (QED) is 0.521. The molecule has 0 saturated carbocycles. The fourth-order valence-corrected chi connectivity index (χ4v) is 1.42. The molecular formula is C13H15O2-. The van der Waals surface area contributed by atoms with Gasteiger partial charge in [0.05, 0.1) is 5.97 Å². The fraction of sp³-hybridized carbons (Fsp3) is 0.308. The molecule has 0 spiro atoms. The van der Waals surface area contributed by atoms with Crippen LogP contribution in [0.25, 0.3) is 0 Å². The largest absolute Gasteiger partial charge is 0.545 e. The van der Waals surface area contributed by atoms with Crippen LogP contribution in [0.2, 0.25) is 0 Å². The molecule has 2 nitrogen and oxygen atoms in total. The van der Waals surface area contributed by atoms with Gasteiger partial charge in [-0.3, -0.25) is 0 Å². The minimum atomic E-state index is -1.11. The van der Waals surface area contributed by atoms with Crippen molar-refractivity contribution in [1.29, 1.82) is 0 Å². The summed E-state index contributed by atoms with van der Waals surface area (Å²) < 4.78 is 0. The van der Waals surface area contributed by atoms with Crippen LogP contribution in [-0.4, -0.2) is 5.97 Å². The second-order valence-electron chi connectivity index (χ2n) is 3.45. The maximum atomic E-state index is 10.1. The number of unbranched alkanes of at least 4 members (excludes halogenated alkanes) is 2. The standard InChI is InChI=1S/C13H16O2/c14-13(15)11-7-2-1-4-8-12-9-5-3-6-10-12/h3,5-7,9-11H,1-2,4,8H2,(H,14,15)/p-1/b11-7+. The van der Waals surface area contributed by atoms with Crippen LogP contribution in [0.15, 0.2) is 42.5 Å². The molecule has 1 aromatic carbocycles. The molecule has 1 aromatic rings. The summed E-state index contributed by atoms with van der Waals surface area (Å²) >= 11 is 0. The summed E-state index contributed by atoms with van der Waals surface area (Å²) in [6, 6.07) is 10.3. The number of hydrogen-bond acceptors (Lipinski definition) is 2. The molecule has 0 amide bonds. The van der Waals surface area contributed by atoms with Gasteiger partial charge in [-0.25, -0.2) is 0 Å². The molecule has 0 bridgehead atoms. The van der Waals surface area contributed by atoms with Gasteiger partial charge in [0, 0.05) is 0 Å². The molecule has 0 heterocycles. The first-order valence-corrected chi connectivity index (χ1v) is 5.20. The topological polar surface area (TPSA) is 40.1 Å². The van der Waals surface area contributed by atoms with Crippen molar-refractivity contribution in [2.75, 3.05) is 0 Å². The highest BCUT2D eigenvalue weighted by molar-refractivity contribution is 5.77. The molecule has 0 aliphatic rings. The fourth-order valence-electron chi connectivity index (χ4n) is 1.42. The molecule has 0 fully saturated rings. The summed E-state index contributed by atoms with van der Waals surface area (Å²) in [6.45, 7) is 0. The number of benzene rings is 1. The lowest BCUT2D eigenvalue weighted by Crippen LogP contribution is -2.18. The van der Waals surface area contributed by atoms with Gasteiger partial charge in [-0.05, 0) is 37.3 Å². The molecule has 0 atom stereocenters. The van der Waals surface area contributed by atoms with E-state index in [1.54, 1.807) is 6.08 Å². The van der Waals surface area contributed by atoms with Crippen molar-refractivity contribution >= 4 is 5.97 Å². The van der Waals surface area contributed by atoms with Crippen molar-refractivity contribution in [1.82, 2.24) is 0 Å². The summed E-state index contributed by atoms with van der Waals surface area (Å²) in [5.41, 5.74) is 1.33. The predicted molar refractivity (Wildman–Crippen MR) is 58.1 cm³/mol. The summed E-state index contributed by atoms with van der Waals surface area (Å²) in [4.78, 5) is 10.1. The minimum Gasteiger partial charge on any atom is -0.545 e. The van der Waals surface area contributed by atoms with E-state index in [-0.39, 0.29) is 0 Å². The lowest BCUT2D eigenvalue weighted by molar-refractivity contribution is -0.297. The Labute approximate surface area is 90.3 Å². The van der Waals surface area contributed by atoms with Gasteiger partial charge in [0.2, 0.25) is 0 Å². The van der Waals surface area contributed by atoms with E-state index >= 15 is 0 Å². The molecule has 0 saturated heterocycles. The van der Waals surface area contributed by atoms with Crippen molar-refractivity contribution in [2.24, 2.45) is 0 Å². The Hall–Kier alpha value is -1.57. The van der Waals surface area contributed by atoms with Crippen LogP contribution >= 0.6 is 0 Å². The SMILES string of the molecule is O=C([O-])/C=C/CCCCc1ccccc1. The smallest absolute Gasteiger partial charge is 0.0639 e. The number of aliphatic carboxylic acids is 1. The first-order chi connectivity index (χ1) is 7.29. The first-order valence-electron chi connectivity index (χ1n) is 5.20. The molecular weight excluding hydrogens is 188 g/mol. The second-order valence-corrected chi connectivity index (χ2v) is 3.45. The van der Waals surface area contributed by atoms with Crippen LogP contribution in [0, 0.1) is 0 Å². The number of carbonyl (C=O) groups is 1. The normalized spacial score (nSPS) is 10.7. The lowest BCUT2D eigenvalue weighted by atomic mass is 10.1. The van der Waals surface area contributed by atoms with E-state index in [4.69, 9.17) is 0 Å². The van der Waals surface area contributed by atoms with Gasteiger partial charge in [0.15, 0.2) is 0 Å². The summed E-state index contributed by atoms with van der Waals surface area (Å²) in [6.07, 6.45) is 6.71. The van der Waals surface area contributed by atoms with Crippen LogP contribution in [0.3, 0.4) is 0 Å². The number of aryl methyl sites for hydroxylation is 1. The average molecular weight is 203 g/mol. The number of allylic oxidation sites excluding steroid dienone is 1. The highest BCUT2D eigenvalue weighted by Gasteiger charge is 1.90. The van der Waals surface area contributed by atoms with E-state index in [0.29, 0.717) is 0 Å². The van der Waals surface area contributed by atoms with Crippen molar-refractivity contribution in [3.05, 3.63) is 48.0 Å². The zero-order chi connectivity index (χ0) is 10.9. The van der Waals surface area contributed by atoms with E-state index < -0.39 is 5.97 Å². The van der Waals surface area contributed by atoms with Crippen molar-refractivity contribution in [3.63, 3.8) is 0 Å². The van der Waals surface area contributed by atoms with E-state index in [0.717, 1.165) is 31.8 Å². The monoisotopic (exact) mass is 203 g/mol. The molecule has 80 valence electrons. The number of carbonyl (C=O) groups excluding carboxylic acids is 1. The van der Waals surface area contributed by atoms with Crippen molar-refractivity contribution < 1.29 is 9.90 Å². The maximum absolute atomic E-state index is 10.1. The summed E-state index contributed by atoms with van der Waals surface area (Å²) in [5.74, 6) is -1.11. The summed E-state index contributed by atoms with van der Waals surface area (Å²) in [7, 11) is 0. The van der Waals surface area contributed by atoms with Gasteiger partial charge < -0.3 is 9.90 Å². The van der Waals surface area contributed by atoms with Crippen molar-refractivity contribution in [2.45, 2.75) is 25.7 Å². The van der Waals surface area contributed by atoms with E-state index in [2.05, 4.69) is 12.1 Å². The zero-order valence-electron chi connectivity index (χ0n) is 8.69. The Kier molecular flexibility index (Phi) is 5.23. The van der Waals surface area contributed by atoms with Crippen molar-refractivity contribution in [3.8, 4) is 0 Å². The Bertz CT molecular complexity index is 315. The number of carboxylic acids is 1. The molecule has 0 aromatic heterocycles. The van der Waals surface area contributed by atoms with Crippen LogP contribution in [0.1, 0.15) is 24.8 Å². The maximum Gasteiger partial charge on any atom is 0.0639 e. The third-order valence-electron chi connectivity index (χ3n) is 2.18. The van der Waals surface area contributed by atoms with E-state index in [9.17, 15) is 9.90 Å². The van der Waals surface area contributed by atoms with Crippen LogP contribution in [-0.2, 0) is 11.2 Å². The Balaban J connectivity index is 2.10. The van der Waals surface area contributed by atoms with Gasteiger partial charge in [-0.2, -0.15) is 0 Å². The van der Waals surface area contributed by atoms with Crippen LogP contribution in [0.5, 0.6) is 0 Å². The lowest BCUT2D eigenvalue weighted by Gasteiger charge is -1.99. The molecule has 15 heavy (non-hydrogen) atoms.